The van der Waals surface area contributed by atoms with Crippen LogP contribution >= 0.6 is 0 Å². The summed E-state index contributed by atoms with van der Waals surface area (Å²) in [6, 6.07) is 13.1. The summed E-state index contributed by atoms with van der Waals surface area (Å²) < 4.78 is 6.95. The van der Waals surface area contributed by atoms with Gasteiger partial charge < -0.3 is 20.1 Å². The minimum absolute atomic E-state index is 0.0623. The number of carbonyl (C=O) groups is 2. The van der Waals surface area contributed by atoms with Crippen molar-refractivity contribution in [3.05, 3.63) is 54.2 Å². The van der Waals surface area contributed by atoms with Crippen molar-refractivity contribution in [3.63, 3.8) is 0 Å². The number of benzene rings is 2. The van der Waals surface area contributed by atoms with E-state index < -0.39 is 5.60 Å². The van der Waals surface area contributed by atoms with Crippen LogP contribution in [0.25, 0.3) is 10.9 Å². The molecule has 2 aromatic carbocycles. The van der Waals surface area contributed by atoms with E-state index >= 15 is 0 Å². The van der Waals surface area contributed by atoms with Crippen molar-refractivity contribution in [2.24, 2.45) is 0 Å². The molecule has 0 spiro atoms. The molecule has 8 heteroatoms. The van der Waals surface area contributed by atoms with Crippen LogP contribution in [-0.4, -0.2) is 57.4 Å². The van der Waals surface area contributed by atoms with E-state index in [9.17, 15) is 14.7 Å². The molecule has 0 aliphatic carbocycles. The fraction of sp³-hybridized carbons (Fsp3) is 0.375. The molecule has 0 bridgehead atoms. The first kappa shape index (κ1) is 21.8. The summed E-state index contributed by atoms with van der Waals surface area (Å²) in [6.45, 7) is 2.85. The number of piperidine rings is 1. The number of likely N-dealkylation sites (tertiary alicyclic amines) is 1. The maximum Gasteiger partial charge on any atom is 0.226 e. The molecule has 1 aliphatic heterocycles. The highest BCUT2D eigenvalue weighted by Crippen LogP contribution is 2.27. The summed E-state index contributed by atoms with van der Waals surface area (Å²) in [5, 5.41) is 19.2. The summed E-state index contributed by atoms with van der Waals surface area (Å²) in [4.78, 5) is 25.8. The van der Waals surface area contributed by atoms with Crippen molar-refractivity contribution in [3.8, 4) is 5.75 Å². The molecule has 0 atom stereocenters. The van der Waals surface area contributed by atoms with Gasteiger partial charge in [-0.25, -0.2) is 0 Å². The van der Waals surface area contributed by atoms with E-state index in [0.717, 1.165) is 22.2 Å². The first-order valence-electron chi connectivity index (χ1n) is 10.7. The van der Waals surface area contributed by atoms with Crippen molar-refractivity contribution in [2.75, 3.05) is 25.5 Å². The van der Waals surface area contributed by atoms with E-state index in [0.29, 0.717) is 44.6 Å². The van der Waals surface area contributed by atoms with Crippen LogP contribution in [0.15, 0.2) is 48.7 Å². The fourth-order valence-corrected chi connectivity index (χ4v) is 4.13. The molecular formula is C24H28N4O4. The number of nitrogens with one attached hydrogen (secondary N) is 1. The third-order valence-electron chi connectivity index (χ3n) is 5.97. The lowest BCUT2D eigenvalue weighted by Gasteiger charge is -2.38. The molecule has 4 rings (SSSR count). The van der Waals surface area contributed by atoms with E-state index in [-0.39, 0.29) is 11.8 Å². The summed E-state index contributed by atoms with van der Waals surface area (Å²) >= 11 is 0. The lowest BCUT2D eigenvalue weighted by molar-refractivity contribution is -0.135. The fourth-order valence-electron chi connectivity index (χ4n) is 4.13. The Labute approximate surface area is 186 Å². The molecule has 1 aliphatic rings. The van der Waals surface area contributed by atoms with Crippen LogP contribution in [0.3, 0.4) is 0 Å². The molecular weight excluding hydrogens is 408 g/mol. The van der Waals surface area contributed by atoms with E-state index in [2.05, 4.69) is 10.4 Å². The van der Waals surface area contributed by atoms with E-state index in [1.54, 1.807) is 18.0 Å². The number of ether oxygens (including phenoxy) is 1. The normalized spacial score (nSPS) is 15.5. The summed E-state index contributed by atoms with van der Waals surface area (Å²) in [5.41, 5.74) is 1.63. The highest BCUT2D eigenvalue weighted by Gasteiger charge is 2.34. The zero-order chi connectivity index (χ0) is 22.7. The van der Waals surface area contributed by atoms with Gasteiger partial charge in [0, 0.05) is 31.1 Å². The van der Waals surface area contributed by atoms with E-state index in [4.69, 9.17) is 4.74 Å². The molecule has 1 aromatic heterocycles. The number of amides is 2. The molecule has 1 fully saturated rings. The summed E-state index contributed by atoms with van der Waals surface area (Å²) in [6.07, 6.45) is 3.06. The number of hydrogen-bond donors (Lipinski definition) is 2. The number of aliphatic hydroxyl groups is 1. The zero-order valence-corrected chi connectivity index (χ0v) is 18.4. The number of carbonyl (C=O) groups excluding carboxylic acids is 2. The van der Waals surface area contributed by atoms with Gasteiger partial charge in [0.15, 0.2) is 0 Å². The molecule has 2 heterocycles. The number of rotatable bonds is 6. The average molecular weight is 437 g/mol. The van der Waals surface area contributed by atoms with Gasteiger partial charge in [-0.05, 0) is 48.7 Å². The Morgan fingerprint density at radius 3 is 2.53 bits per heavy atom. The number of hydrogen-bond acceptors (Lipinski definition) is 5. The first-order chi connectivity index (χ1) is 15.3. The van der Waals surface area contributed by atoms with Gasteiger partial charge in [-0.3, -0.25) is 14.3 Å². The van der Waals surface area contributed by atoms with Crippen molar-refractivity contribution >= 4 is 28.4 Å². The smallest absolute Gasteiger partial charge is 0.226 e. The van der Waals surface area contributed by atoms with Gasteiger partial charge in [-0.15, -0.1) is 0 Å². The molecule has 0 saturated carbocycles. The second kappa shape index (κ2) is 9.00. The quantitative estimate of drug-likeness (QED) is 0.619. The minimum Gasteiger partial charge on any atom is -0.497 e. The van der Waals surface area contributed by atoms with Crippen molar-refractivity contribution in [2.45, 2.75) is 38.3 Å². The molecule has 2 amide bonds. The number of nitrogens with zero attached hydrogens (tertiary/aromatic N) is 3. The number of methoxy groups -OCH3 is 1. The number of anilines is 1. The van der Waals surface area contributed by atoms with Crippen LogP contribution in [-0.2, 0) is 22.6 Å². The van der Waals surface area contributed by atoms with Crippen LogP contribution in [0.1, 0.15) is 25.3 Å². The minimum atomic E-state index is -0.924. The second-order valence-corrected chi connectivity index (χ2v) is 8.39. The van der Waals surface area contributed by atoms with Crippen LogP contribution in [0.4, 0.5) is 5.69 Å². The Morgan fingerprint density at radius 1 is 1.16 bits per heavy atom. The first-order valence-corrected chi connectivity index (χ1v) is 10.7. The molecule has 2 N–H and O–H groups in total. The van der Waals surface area contributed by atoms with Crippen LogP contribution in [0.2, 0.25) is 0 Å². The van der Waals surface area contributed by atoms with Gasteiger partial charge in [0.2, 0.25) is 11.8 Å². The van der Waals surface area contributed by atoms with Gasteiger partial charge in [0.05, 0.1) is 37.4 Å². The van der Waals surface area contributed by atoms with Crippen LogP contribution in [0, 0.1) is 0 Å². The summed E-state index contributed by atoms with van der Waals surface area (Å²) in [5.74, 6) is 0.702. The lowest BCUT2D eigenvalue weighted by Crippen LogP contribution is -2.49. The topological polar surface area (TPSA) is 96.7 Å². The third-order valence-corrected chi connectivity index (χ3v) is 5.97. The number of fused-ring (bicyclic) bond motifs is 1. The summed E-state index contributed by atoms with van der Waals surface area (Å²) in [7, 11) is 1.62. The third kappa shape index (κ3) is 4.91. The molecule has 0 radical (unpaired) electrons. The van der Waals surface area contributed by atoms with Gasteiger partial charge in [-0.2, -0.15) is 5.10 Å². The molecule has 168 valence electrons. The zero-order valence-electron chi connectivity index (χ0n) is 18.4. The largest absolute Gasteiger partial charge is 0.497 e. The molecule has 32 heavy (non-hydrogen) atoms. The highest BCUT2D eigenvalue weighted by molar-refractivity contribution is 5.92. The standard InChI is InChI=1S/C24H28N4O4/c1-17(29)26-20-5-8-22-19(14-20)15-25-28(22)16-24(31)9-11-27(12-10-24)23(30)13-18-3-6-21(32-2)7-4-18/h3-8,14-15,31H,9-13,16H2,1-2H3,(H,26,29). The van der Waals surface area contributed by atoms with Crippen LogP contribution < -0.4 is 10.1 Å². The molecule has 1 saturated heterocycles. The van der Waals surface area contributed by atoms with Crippen molar-refractivity contribution < 1.29 is 19.4 Å². The Kier molecular flexibility index (Phi) is 6.14. The van der Waals surface area contributed by atoms with E-state index in [1.165, 1.54) is 6.92 Å². The maximum atomic E-state index is 12.7. The Bertz CT molecular complexity index is 1110. The Hall–Kier alpha value is -3.39. The predicted octanol–water partition coefficient (Wildman–Crippen LogP) is 2.60. The lowest BCUT2D eigenvalue weighted by atomic mass is 9.91. The maximum absolute atomic E-state index is 12.7. The van der Waals surface area contributed by atoms with Crippen molar-refractivity contribution in [1.82, 2.24) is 14.7 Å². The van der Waals surface area contributed by atoms with E-state index in [1.807, 2.05) is 47.4 Å². The molecule has 0 unspecified atom stereocenters. The second-order valence-electron chi connectivity index (χ2n) is 8.39. The highest BCUT2D eigenvalue weighted by atomic mass is 16.5. The monoisotopic (exact) mass is 436 g/mol. The van der Waals surface area contributed by atoms with Gasteiger partial charge in [-0.1, -0.05) is 12.1 Å². The van der Waals surface area contributed by atoms with Gasteiger partial charge in [0.1, 0.15) is 5.75 Å². The van der Waals surface area contributed by atoms with Crippen LogP contribution in [0.5, 0.6) is 5.75 Å². The molecule has 3 aromatic rings. The van der Waals surface area contributed by atoms with Gasteiger partial charge in [0.25, 0.3) is 0 Å². The van der Waals surface area contributed by atoms with Crippen molar-refractivity contribution in [1.29, 1.82) is 0 Å². The predicted molar refractivity (Wildman–Crippen MR) is 121 cm³/mol. The Balaban J connectivity index is 1.36. The SMILES string of the molecule is COc1ccc(CC(=O)N2CCC(O)(Cn3ncc4cc(NC(C)=O)ccc43)CC2)cc1. The number of aromatic nitrogens is 2. The molecule has 8 nitrogen and oxygen atoms in total. The van der Waals surface area contributed by atoms with Gasteiger partial charge >= 0.3 is 0 Å². The Morgan fingerprint density at radius 2 is 1.88 bits per heavy atom. The average Bonchev–Trinajstić information content (AvgIpc) is 3.15.